The Bertz CT molecular complexity index is 1510. The molecule has 1 aromatic heterocycles. The van der Waals surface area contributed by atoms with Crippen molar-refractivity contribution >= 4 is 29.2 Å². The second-order valence-electron chi connectivity index (χ2n) is 10.9. The maximum Gasteiger partial charge on any atom is 0.416 e. The van der Waals surface area contributed by atoms with Gasteiger partial charge >= 0.3 is 6.18 Å². The van der Waals surface area contributed by atoms with Gasteiger partial charge in [-0.1, -0.05) is 31.2 Å². The summed E-state index contributed by atoms with van der Waals surface area (Å²) < 4.78 is 46.6. The zero-order valence-corrected chi connectivity index (χ0v) is 24.4. The minimum Gasteiger partial charge on any atom is -0.457 e. The van der Waals surface area contributed by atoms with Gasteiger partial charge in [0.25, 0.3) is 5.91 Å². The largest absolute Gasteiger partial charge is 0.457 e. The minimum absolute atomic E-state index is 0.0171. The lowest BCUT2D eigenvalue weighted by molar-refractivity contribution is -0.137. The number of rotatable bonds is 8. The van der Waals surface area contributed by atoms with E-state index in [2.05, 4.69) is 20.5 Å². The number of fused-ring (bicyclic) bond motifs is 1. The van der Waals surface area contributed by atoms with Crippen LogP contribution in [0.25, 0.3) is 6.08 Å². The van der Waals surface area contributed by atoms with Gasteiger partial charge in [-0.15, -0.1) is 0 Å². The van der Waals surface area contributed by atoms with Gasteiger partial charge in [0.1, 0.15) is 23.0 Å². The maximum atomic E-state index is 13.5. The van der Waals surface area contributed by atoms with Crippen molar-refractivity contribution in [3.63, 3.8) is 0 Å². The Kier molecular flexibility index (Phi) is 9.45. The van der Waals surface area contributed by atoms with Crippen LogP contribution in [0.3, 0.4) is 0 Å². The Morgan fingerprint density at radius 3 is 2.65 bits per heavy atom. The zero-order valence-electron chi connectivity index (χ0n) is 24.4. The summed E-state index contributed by atoms with van der Waals surface area (Å²) in [6.45, 7) is 7.34. The summed E-state index contributed by atoms with van der Waals surface area (Å²) in [7, 11) is 0. The molecule has 2 N–H and O–H groups in total. The molecule has 5 rings (SSSR count). The number of amidine groups is 1. The number of aryl methyl sites for hydroxylation is 1. The maximum absolute atomic E-state index is 13.5. The first-order chi connectivity index (χ1) is 20.7. The third-order valence-corrected chi connectivity index (χ3v) is 7.71. The Labute approximate surface area is 249 Å². The van der Waals surface area contributed by atoms with Crippen molar-refractivity contribution in [3.05, 3.63) is 83.2 Å². The second kappa shape index (κ2) is 13.4. The first kappa shape index (κ1) is 30.3. The number of likely N-dealkylation sites (tertiary alicyclic amines) is 1. The average Bonchev–Trinajstić information content (AvgIpc) is 3.45. The summed E-state index contributed by atoms with van der Waals surface area (Å²) in [5.74, 6) is 1.29. The fraction of sp³-hybridized carbons (Fsp3) is 0.364. The van der Waals surface area contributed by atoms with Crippen LogP contribution in [0.15, 0.2) is 65.8 Å². The summed E-state index contributed by atoms with van der Waals surface area (Å²) in [5, 5.41) is 6.13. The van der Waals surface area contributed by atoms with Gasteiger partial charge in [0.15, 0.2) is 0 Å². The molecule has 0 saturated carbocycles. The van der Waals surface area contributed by atoms with Gasteiger partial charge in [-0.25, -0.2) is 4.99 Å². The molecule has 1 atom stereocenters. The van der Waals surface area contributed by atoms with Crippen LogP contribution in [0.4, 0.5) is 24.5 Å². The fourth-order valence-electron chi connectivity index (χ4n) is 5.29. The molecular weight excluding hydrogens is 555 g/mol. The quantitative estimate of drug-likeness (QED) is 0.284. The van der Waals surface area contributed by atoms with E-state index in [0.717, 1.165) is 50.2 Å². The van der Waals surface area contributed by atoms with Crippen LogP contribution in [0, 0.1) is 5.92 Å². The highest BCUT2D eigenvalue weighted by Gasteiger charge is 2.31. The van der Waals surface area contributed by atoms with Crippen LogP contribution in [0.1, 0.15) is 60.3 Å². The number of alkyl halides is 3. The SMILES string of the molecule is C/C=C/c1ccc(C(F)(F)F)cc1NC1=Nc2cc(Oc3ccnc(C(=O)NCCN4CCCC4)c3)ccc2CCC1C. The number of anilines is 1. The lowest BCUT2D eigenvalue weighted by Crippen LogP contribution is -2.33. The molecule has 1 amide bonds. The van der Waals surface area contributed by atoms with Crippen LogP contribution in [0.2, 0.25) is 0 Å². The van der Waals surface area contributed by atoms with E-state index in [1.807, 2.05) is 32.0 Å². The normalized spacial score (nSPS) is 17.3. The molecule has 1 saturated heterocycles. The van der Waals surface area contributed by atoms with Gasteiger partial charge in [-0.2, -0.15) is 13.2 Å². The van der Waals surface area contributed by atoms with E-state index in [9.17, 15) is 18.0 Å². The number of benzene rings is 2. The molecule has 3 heterocycles. The number of carbonyl (C=O) groups excluding carboxylic acids is 1. The van der Waals surface area contributed by atoms with E-state index >= 15 is 0 Å². The molecule has 2 aromatic carbocycles. The number of nitrogens with zero attached hydrogens (tertiary/aromatic N) is 3. The van der Waals surface area contributed by atoms with E-state index in [-0.39, 0.29) is 17.5 Å². The van der Waals surface area contributed by atoms with Crippen molar-refractivity contribution < 1.29 is 22.7 Å². The number of aromatic nitrogens is 1. The smallest absolute Gasteiger partial charge is 0.416 e. The van der Waals surface area contributed by atoms with Crippen LogP contribution < -0.4 is 15.4 Å². The first-order valence-electron chi connectivity index (χ1n) is 14.7. The summed E-state index contributed by atoms with van der Waals surface area (Å²) in [6.07, 6.45) is 4.56. The van der Waals surface area contributed by atoms with Gasteiger partial charge in [0, 0.05) is 43.0 Å². The van der Waals surface area contributed by atoms with Crippen molar-refractivity contribution in [3.8, 4) is 11.5 Å². The summed E-state index contributed by atoms with van der Waals surface area (Å²) >= 11 is 0. The van der Waals surface area contributed by atoms with Crippen molar-refractivity contribution in [2.24, 2.45) is 10.9 Å². The van der Waals surface area contributed by atoms with Gasteiger partial charge in [-0.05, 0) is 81.1 Å². The molecule has 10 heteroatoms. The number of pyridine rings is 1. The highest BCUT2D eigenvalue weighted by molar-refractivity contribution is 6.00. The van der Waals surface area contributed by atoms with Crippen LogP contribution >= 0.6 is 0 Å². The first-order valence-corrected chi connectivity index (χ1v) is 14.7. The van der Waals surface area contributed by atoms with E-state index in [1.165, 1.54) is 25.1 Å². The second-order valence-corrected chi connectivity index (χ2v) is 10.9. The Morgan fingerprint density at radius 2 is 1.88 bits per heavy atom. The number of halogens is 3. The van der Waals surface area contributed by atoms with Crippen LogP contribution in [-0.4, -0.2) is 47.8 Å². The molecule has 1 unspecified atom stereocenters. The zero-order chi connectivity index (χ0) is 30.4. The molecule has 1 fully saturated rings. The highest BCUT2D eigenvalue weighted by Crippen LogP contribution is 2.36. The predicted molar refractivity (Wildman–Crippen MR) is 163 cm³/mol. The number of aliphatic imine (C=N–C) groups is 1. The molecule has 0 bridgehead atoms. The fourth-order valence-corrected chi connectivity index (χ4v) is 5.29. The molecule has 226 valence electrons. The molecule has 43 heavy (non-hydrogen) atoms. The van der Waals surface area contributed by atoms with E-state index < -0.39 is 11.7 Å². The van der Waals surface area contributed by atoms with E-state index in [4.69, 9.17) is 9.73 Å². The molecular formula is C33H36F3N5O2. The van der Waals surface area contributed by atoms with Crippen molar-refractivity contribution in [2.45, 2.75) is 45.7 Å². The van der Waals surface area contributed by atoms with Gasteiger partial charge in [-0.3, -0.25) is 9.78 Å². The molecule has 0 radical (unpaired) electrons. The standard InChI is InChI=1S/C33H36F3N5O2/c1-3-6-23-9-11-25(33(34,35)36)19-28(23)39-31-22(2)7-8-24-10-12-26(20-29(24)40-31)43-27-13-14-37-30(21-27)32(42)38-15-18-41-16-4-5-17-41/h3,6,9-14,19-22H,4-5,7-8,15-18H2,1-2H3,(H,38,42)(H,39,40)/b6-3+. The van der Waals surface area contributed by atoms with Crippen molar-refractivity contribution in [1.82, 2.24) is 15.2 Å². The summed E-state index contributed by atoms with van der Waals surface area (Å²) in [5.41, 5.74) is 2.22. The predicted octanol–water partition coefficient (Wildman–Crippen LogP) is 7.48. The summed E-state index contributed by atoms with van der Waals surface area (Å²) in [6, 6.07) is 12.6. The molecule has 0 spiro atoms. The number of nitrogens with one attached hydrogen (secondary N) is 2. The minimum atomic E-state index is -4.46. The van der Waals surface area contributed by atoms with Crippen molar-refractivity contribution in [1.29, 1.82) is 0 Å². The topological polar surface area (TPSA) is 78.8 Å². The van der Waals surface area contributed by atoms with Crippen molar-refractivity contribution in [2.75, 3.05) is 31.5 Å². The number of hydrogen-bond donors (Lipinski definition) is 2. The monoisotopic (exact) mass is 591 g/mol. The van der Waals surface area contributed by atoms with E-state index in [1.54, 1.807) is 24.3 Å². The van der Waals surface area contributed by atoms with Crippen LogP contribution in [-0.2, 0) is 12.6 Å². The van der Waals surface area contributed by atoms with Gasteiger partial charge in [0.2, 0.25) is 0 Å². The molecule has 2 aliphatic rings. The van der Waals surface area contributed by atoms with E-state index in [0.29, 0.717) is 40.8 Å². The average molecular weight is 592 g/mol. The molecule has 0 aliphatic carbocycles. The highest BCUT2D eigenvalue weighted by atomic mass is 19.4. The van der Waals surface area contributed by atoms with Crippen LogP contribution in [0.5, 0.6) is 11.5 Å². The molecule has 2 aliphatic heterocycles. The lowest BCUT2D eigenvalue weighted by atomic mass is 10.0. The third kappa shape index (κ3) is 7.81. The number of ether oxygens (including phenoxy) is 1. The van der Waals surface area contributed by atoms with Gasteiger partial charge in [0.05, 0.1) is 11.3 Å². The lowest BCUT2D eigenvalue weighted by Gasteiger charge is -2.18. The number of hydrogen-bond acceptors (Lipinski definition) is 6. The summed E-state index contributed by atoms with van der Waals surface area (Å²) in [4.78, 5) is 24.1. The Morgan fingerprint density at radius 1 is 1.09 bits per heavy atom. The third-order valence-electron chi connectivity index (χ3n) is 7.71. The molecule has 7 nitrogen and oxygen atoms in total. The number of allylic oxidation sites excluding steroid dienone is 1. The number of amides is 1. The molecule has 3 aromatic rings. The number of carbonyl (C=O) groups is 1. The Balaban J connectivity index is 1.33. The van der Waals surface area contributed by atoms with Gasteiger partial charge < -0.3 is 20.3 Å². The Hall–Kier alpha value is -4.18.